The van der Waals surface area contributed by atoms with Crippen LogP contribution >= 0.6 is 0 Å². The van der Waals surface area contributed by atoms with Crippen molar-refractivity contribution in [2.45, 2.75) is 29.4 Å². The molecule has 3 aliphatic heterocycles. The Morgan fingerprint density at radius 2 is 1.79 bits per heavy atom. The van der Waals surface area contributed by atoms with Crippen LogP contribution in [0.3, 0.4) is 0 Å². The van der Waals surface area contributed by atoms with Gasteiger partial charge in [0.25, 0.3) is 10.0 Å². The van der Waals surface area contributed by atoms with Crippen molar-refractivity contribution in [3.63, 3.8) is 0 Å². The van der Waals surface area contributed by atoms with Gasteiger partial charge in [-0.25, -0.2) is 12.7 Å². The van der Waals surface area contributed by atoms with Gasteiger partial charge in [-0.05, 0) is 38.2 Å². The number of fused-ring (bicyclic) bond motifs is 2. The Morgan fingerprint density at radius 1 is 1.06 bits per heavy atom. The molecule has 0 spiro atoms. The van der Waals surface area contributed by atoms with Crippen LogP contribution in [0.1, 0.15) is 23.1 Å². The van der Waals surface area contributed by atoms with Crippen LogP contribution < -0.4 is 19.5 Å². The lowest BCUT2D eigenvalue weighted by Crippen LogP contribution is -2.64. The van der Waals surface area contributed by atoms with Crippen LogP contribution in [0.5, 0.6) is 11.5 Å². The summed E-state index contributed by atoms with van der Waals surface area (Å²) in [5.74, 6) is 1.12. The van der Waals surface area contributed by atoms with Crippen molar-refractivity contribution in [2.24, 2.45) is 0 Å². The van der Waals surface area contributed by atoms with E-state index in [1.165, 1.54) is 0 Å². The number of hydrogen-bond acceptors (Lipinski definition) is 6. The largest absolute Gasteiger partial charge is 0.494 e. The zero-order valence-electron chi connectivity index (χ0n) is 19.4. The highest BCUT2D eigenvalue weighted by Crippen LogP contribution is 2.68. The van der Waals surface area contributed by atoms with Crippen molar-refractivity contribution in [1.29, 1.82) is 0 Å². The first-order chi connectivity index (χ1) is 16.2. The summed E-state index contributed by atoms with van der Waals surface area (Å²) in [6.07, 6.45) is 0.636. The van der Waals surface area contributed by atoms with E-state index in [1.54, 1.807) is 29.6 Å². The monoisotopic (exact) mass is 477 g/mol. The zero-order valence-corrected chi connectivity index (χ0v) is 20.2. The molecule has 0 radical (unpaired) electrons. The second-order valence-corrected chi connectivity index (χ2v) is 11.3. The van der Waals surface area contributed by atoms with Crippen LogP contribution in [0.25, 0.3) is 0 Å². The number of likely N-dealkylation sites (tertiary alicyclic amines) is 1. The van der Waals surface area contributed by atoms with E-state index in [2.05, 4.69) is 4.90 Å². The van der Waals surface area contributed by atoms with E-state index in [9.17, 15) is 8.42 Å². The van der Waals surface area contributed by atoms with Gasteiger partial charge >= 0.3 is 0 Å². The lowest BCUT2D eigenvalue weighted by atomic mass is 9.71. The second kappa shape index (κ2) is 6.90. The average molecular weight is 478 g/mol. The number of ether oxygens (including phenoxy) is 2. The minimum atomic E-state index is -3.95. The van der Waals surface area contributed by atoms with Crippen molar-refractivity contribution in [3.8, 4) is 11.5 Å². The first kappa shape index (κ1) is 21.3. The highest BCUT2D eigenvalue weighted by Gasteiger charge is 2.73. The van der Waals surface area contributed by atoms with Crippen LogP contribution in [-0.4, -0.2) is 40.6 Å². The Balaban J connectivity index is 1.70. The molecule has 6 rings (SSSR count). The molecule has 1 saturated heterocycles. The van der Waals surface area contributed by atoms with Crippen LogP contribution in [0.2, 0.25) is 0 Å². The number of anilines is 2. The fourth-order valence-electron chi connectivity index (χ4n) is 6.04. The topological polar surface area (TPSA) is 85.1 Å². The first-order valence-electron chi connectivity index (χ1n) is 11.3. The molecule has 0 unspecified atom stereocenters. The van der Waals surface area contributed by atoms with E-state index in [-0.39, 0.29) is 4.90 Å². The number of nitrogens with two attached hydrogens (primary N) is 1. The molecule has 0 saturated carbocycles. The van der Waals surface area contributed by atoms with E-state index >= 15 is 0 Å². The summed E-state index contributed by atoms with van der Waals surface area (Å²) in [5.41, 5.74) is 8.24. The van der Waals surface area contributed by atoms with E-state index in [4.69, 9.17) is 15.2 Å². The maximum Gasteiger partial charge on any atom is 0.265 e. The molecule has 1 fully saturated rings. The summed E-state index contributed by atoms with van der Waals surface area (Å²) in [4.78, 5) is 2.42. The Bertz CT molecular complexity index is 1420. The van der Waals surface area contributed by atoms with Gasteiger partial charge in [-0.3, -0.25) is 0 Å². The molecule has 0 aromatic heterocycles. The Kier molecular flexibility index (Phi) is 4.32. The van der Waals surface area contributed by atoms with Crippen molar-refractivity contribution < 1.29 is 17.9 Å². The van der Waals surface area contributed by atoms with Gasteiger partial charge < -0.3 is 20.1 Å². The second-order valence-electron chi connectivity index (χ2n) is 9.47. The summed E-state index contributed by atoms with van der Waals surface area (Å²) >= 11 is 0. The van der Waals surface area contributed by atoms with Gasteiger partial charge in [0.2, 0.25) is 0 Å². The predicted octanol–water partition coefficient (Wildman–Crippen LogP) is 3.61. The van der Waals surface area contributed by atoms with Crippen LogP contribution in [0.15, 0.2) is 65.6 Å². The van der Waals surface area contributed by atoms with Gasteiger partial charge in [0.05, 0.1) is 23.4 Å². The maximum absolute atomic E-state index is 14.4. The molecule has 0 amide bonds. The summed E-state index contributed by atoms with van der Waals surface area (Å²) in [6.45, 7) is 3.18. The number of methoxy groups -OCH3 is 1. The van der Waals surface area contributed by atoms with Gasteiger partial charge in [0.15, 0.2) is 5.60 Å². The van der Waals surface area contributed by atoms with Crippen LogP contribution in [0, 0.1) is 6.92 Å². The van der Waals surface area contributed by atoms with E-state index in [0.717, 1.165) is 23.2 Å². The fourth-order valence-corrected chi connectivity index (χ4v) is 7.86. The number of hydrogen-bond donors (Lipinski definition) is 1. The first-order valence-corrected chi connectivity index (χ1v) is 12.8. The van der Waals surface area contributed by atoms with E-state index in [1.807, 2.05) is 56.4 Å². The number of nitrogens with zero attached hydrogens (tertiary/aromatic N) is 2. The summed E-state index contributed by atoms with van der Waals surface area (Å²) < 4.78 is 42.7. The number of para-hydroxylation sites is 1. The van der Waals surface area contributed by atoms with E-state index < -0.39 is 21.2 Å². The minimum absolute atomic E-state index is 0.251. The molecule has 7 nitrogen and oxygen atoms in total. The SMILES string of the molecule is COc1cc2c(cc1N)[C@@]13CN(C)CC[C@]1(O2)c1ccccc1N3S(=O)(=O)c1ccc(C)cc1. The highest BCUT2D eigenvalue weighted by atomic mass is 32.2. The summed E-state index contributed by atoms with van der Waals surface area (Å²) in [7, 11) is -0.367. The fraction of sp³-hybridized carbons (Fsp3) is 0.308. The maximum atomic E-state index is 14.4. The van der Waals surface area contributed by atoms with Gasteiger partial charge in [0.1, 0.15) is 17.0 Å². The number of nitrogen functional groups attached to an aromatic ring is 1. The van der Waals surface area contributed by atoms with Gasteiger partial charge in [0, 0.05) is 36.7 Å². The van der Waals surface area contributed by atoms with E-state index in [0.29, 0.717) is 35.8 Å². The molecule has 3 aromatic carbocycles. The van der Waals surface area contributed by atoms with Crippen molar-refractivity contribution in [3.05, 3.63) is 77.4 Å². The molecule has 2 atom stereocenters. The van der Waals surface area contributed by atoms with Gasteiger partial charge in [-0.1, -0.05) is 35.9 Å². The molecule has 3 heterocycles. The molecule has 0 aliphatic carbocycles. The third-order valence-electron chi connectivity index (χ3n) is 7.54. The molecule has 8 heteroatoms. The Labute approximate surface area is 199 Å². The quantitative estimate of drug-likeness (QED) is 0.580. The van der Waals surface area contributed by atoms with Gasteiger partial charge in [-0.2, -0.15) is 0 Å². The van der Waals surface area contributed by atoms with Crippen LogP contribution in [0.4, 0.5) is 11.4 Å². The number of rotatable bonds is 3. The summed E-state index contributed by atoms with van der Waals surface area (Å²) in [6, 6.07) is 18.3. The molecule has 34 heavy (non-hydrogen) atoms. The smallest absolute Gasteiger partial charge is 0.265 e. The molecule has 0 bridgehead atoms. The molecular formula is C26H27N3O4S. The summed E-state index contributed by atoms with van der Waals surface area (Å²) in [5, 5.41) is 0. The van der Waals surface area contributed by atoms with Crippen molar-refractivity contribution >= 4 is 21.4 Å². The molecule has 176 valence electrons. The lowest BCUT2D eigenvalue weighted by Gasteiger charge is -2.49. The third kappa shape index (κ3) is 2.47. The third-order valence-corrected chi connectivity index (χ3v) is 9.39. The number of aryl methyl sites for hydroxylation is 1. The number of likely N-dealkylation sites (N-methyl/N-ethyl adjacent to an activating group) is 1. The Morgan fingerprint density at radius 3 is 2.53 bits per heavy atom. The zero-order chi connectivity index (χ0) is 23.9. The number of benzene rings is 3. The van der Waals surface area contributed by atoms with Crippen molar-refractivity contribution in [2.75, 3.05) is 37.3 Å². The van der Waals surface area contributed by atoms with Gasteiger partial charge in [-0.15, -0.1) is 0 Å². The highest BCUT2D eigenvalue weighted by molar-refractivity contribution is 7.93. The molecule has 3 aromatic rings. The molecule has 2 N–H and O–H groups in total. The molecule has 3 aliphatic rings. The van der Waals surface area contributed by atoms with Crippen LogP contribution in [-0.2, 0) is 21.2 Å². The predicted molar refractivity (Wildman–Crippen MR) is 131 cm³/mol. The minimum Gasteiger partial charge on any atom is -0.494 e. The normalized spacial score (nSPS) is 25.2. The molecular weight excluding hydrogens is 450 g/mol. The lowest BCUT2D eigenvalue weighted by molar-refractivity contribution is -0.0311. The average Bonchev–Trinajstić information content (AvgIpc) is 3.23. The number of sulfonamides is 1. The van der Waals surface area contributed by atoms with Crippen molar-refractivity contribution in [1.82, 2.24) is 4.90 Å². The number of piperidine rings is 1. The standard InChI is InChI=1S/C26H27N3O4S/c1-17-8-10-18(11-9-17)34(30,31)29-22-7-5-4-6-19(22)26-12-13-28(2)16-25(26,29)20-14-21(27)24(32-3)15-23(20)33-26/h4-11,14-15H,12-13,16,27H2,1-3H3/t25-,26-/m0/s1. The Hall–Kier alpha value is -3.23.